The lowest BCUT2D eigenvalue weighted by molar-refractivity contribution is 0.0970. The molecule has 10 heteroatoms. The van der Waals surface area contributed by atoms with Crippen LogP contribution in [0.4, 0.5) is 5.13 Å². The fourth-order valence-electron chi connectivity index (χ4n) is 4.24. The first kappa shape index (κ1) is 24.3. The third-order valence-corrected chi connectivity index (χ3v) is 7.36. The molecule has 0 fully saturated rings. The van der Waals surface area contributed by atoms with Crippen LogP contribution in [-0.2, 0) is 6.42 Å². The molecule has 0 saturated heterocycles. The van der Waals surface area contributed by atoms with Crippen molar-refractivity contribution in [3.8, 4) is 11.5 Å². The summed E-state index contributed by atoms with van der Waals surface area (Å²) in [5, 5.41) is 10.3. The first-order valence-corrected chi connectivity index (χ1v) is 12.9. The van der Waals surface area contributed by atoms with Gasteiger partial charge in [-0.3, -0.25) is 14.5 Å². The van der Waals surface area contributed by atoms with Gasteiger partial charge < -0.3 is 13.9 Å². The summed E-state index contributed by atoms with van der Waals surface area (Å²) in [6.07, 6.45) is 2.59. The Hall–Kier alpha value is -3.43. The molecule has 1 aliphatic heterocycles. The minimum absolute atomic E-state index is 0.0182. The maximum absolute atomic E-state index is 13.7. The molecule has 2 aromatic carbocycles. The number of hydrogen-bond donors (Lipinski definition) is 0. The van der Waals surface area contributed by atoms with Crippen LogP contribution < -0.4 is 19.8 Å². The van der Waals surface area contributed by atoms with Crippen molar-refractivity contribution in [3.63, 3.8) is 0 Å². The van der Waals surface area contributed by atoms with Crippen molar-refractivity contribution in [1.29, 1.82) is 0 Å². The average molecular weight is 526 g/mol. The first-order chi connectivity index (χ1) is 17.5. The van der Waals surface area contributed by atoms with Gasteiger partial charge in [-0.25, -0.2) is 0 Å². The second-order valence-corrected chi connectivity index (χ2v) is 9.81. The van der Waals surface area contributed by atoms with Gasteiger partial charge in [0.15, 0.2) is 16.9 Å². The van der Waals surface area contributed by atoms with Crippen molar-refractivity contribution in [2.75, 3.05) is 18.6 Å². The Morgan fingerprint density at radius 3 is 2.67 bits per heavy atom. The third kappa shape index (κ3) is 4.12. The summed E-state index contributed by atoms with van der Waals surface area (Å²) in [4.78, 5) is 28.9. The number of aromatic nitrogens is 2. The molecule has 0 aliphatic carbocycles. The van der Waals surface area contributed by atoms with Crippen LogP contribution in [0, 0.1) is 0 Å². The Morgan fingerprint density at radius 2 is 1.94 bits per heavy atom. The van der Waals surface area contributed by atoms with E-state index in [9.17, 15) is 9.59 Å². The maximum atomic E-state index is 13.7. The second kappa shape index (κ2) is 9.91. The number of carbonyl (C=O) groups excluding carboxylic acids is 1. The van der Waals surface area contributed by atoms with Gasteiger partial charge in [-0.1, -0.05) is 49.3 Å². The quantitative estimate of drug-likeness (QED) is 0.268. The molecule has 1 amide bonds. The Balaban J connectivity index is 1.70. The van der Waals surface area contributed by atoms with Gasteiger partial charge in [0.05, 0.1) is 30.7 Å². The van der Waals surface area contributed by atoms with E-state index in [0.717, 1.165) is 17.8 Å². The Kier molecular flexibility index (Phi) is 6.68. The normalized spacial score (nSPS) is 14.9. The van der Waals surface area contributed by atoms with Crippen LogP contribution in [0.2, 0.25) is 5.02 Å². The number of nitrogens with zero attached hydrogens (tertiary/aromatic N) is 3. The molecular formula is C26H24ClN3O5S. The highest BCUT2D eigenvalue weighted by Gasteiger charge is 2.45. The Bertz CT molecular complexity index is 1520. The average Bonchev–Trinajstić information content (AvgIpc) is 3.47. The van der Waals surface area contributed by atoms with Crippen LogP contribution in [0.1, 0.15) is 59.4 Å². The van der Waals surface area contributed by atoms with Gasteiger partial charge in [-0.05, 0) is 48.7 Å². The number of ether oxygens (including phenoxy) is 2. The van der Waals surface area contributed by atoms with E-state index in [0.29, 0.717) is 51.2 Å². The summed E-state index contributed by atoms with van der Waals surface area (Å²) < 4.78 is 17.5. The molecule has 1 aliphatic rings. The molecule has 2 aromatic heterocycles. The number of anilines is 1. The van der Waals surface area contributed by atoms with E-state index in [1.807, 2.05) is 13.0 Å². The van der Waals surface area contributed by atoms with E-state index in [2.05, 4.69) is 17.1 Å². The zero-order valence-electron chi connectivity index (χ0n) is 20.0. The van der Waals surface area contributed by atoms with E-state index in [4.69, 9.17) is 25.5 Å². The van der Waals surface area contributed by atoms with Crippen LogP contribution in [-0.4, -0.2) is 29.8 Å². The molecule has 0 N–H and O–H groups in total. The molecule has 186 valence electrons. The minimum atomic E-state index is -0.789. The predicted molar refractivity (Wildman–Crippen MR) is 139 cm³/mol. The predicted octanol–water partition coefficient (Wildman–Crippen LogP) is 5.80. The number of carbonyl (C=O) groups is 1. The number of amides is 1. The Labute approximate surface area is 216 Å². The van der Waals surface area contributed by atoms with Crippen LogP contribution >= 0.6 is 22.9 Å². The highest BCUT2D eigenvalue weighted by atomic mass is 35.5. The molecule has 5 rings (SSSR count). The van der Waals surface area contributed by atoms with Crippen molar-refractivity contribution >= 4 is 44.9 Å². The summed E-state index contributed by atoms with van der Waals surface area (Å²) in [7, 11) is 1.56. The number of hydrogen-bond acceptors (Lipinski definition) is 8. The largest absolute Gasteiger partial charge is 0.493 e. The molecule has 1 unspecified atom stereocenters. The van der Waals surface area contributed by atoms with Crippen molar-refractivity contribution in [1.82, 2.24) is 10.2 Å². The molecule has 8 nitrogen and oxygen atoms in total. The number of fused-ring (bicyclic) bond motifs is 2. The number of aryl methyl sites for hydroxylation is 1. The smallest absolute Gasteiger partial charge is 0.297 e. The topological polar surface area (TPSA) is 94.8 Å². The molecular weight excluding hydrogens is 502 g/mol. The van der Waals surface area contributed by atoms with Gasteiger partial charge >= 0.3 is 0 Å². The molecule has 36 heavy (non-hydrogen) atoms. The highest BCUT2D eigenvalue weighted by Crippen LogP contribution is 2.44. The number of benzene rings is 2. The van der Waals surface area contributed by atoms with E-state index in [1.165, 1.54) is 16.2 Å². The number of rotatable bonds is 8. The van der Waals surface area contributed by atoms with E-state index < -0.39 is 11.9 Å². The van der Waals surface area contributed by atoms with Crippen molar-refractivity contribution in [3.05, 3.63) is 73.5 Å². The van der Waals surface area contributed by atoms with Crippen LogP contribution in [0.25, 0.3) is 11.0 Å². The number of methoxy groups -OCH3 is 1. The number of unbranched alkanes of at least 4 members (excludes halogenated alkanes) is 1. The van der Waals surface area contributed by atoms with Crippen LogP contribution in [0.15, 0.2) is 45.6 Å². The van der Waals surface area contributed by atoms with Crippen molar-refractivity contribution in [2.24, 2.45) is 0 Å². The summed E-state index contributed by atoms with van der Waals surface area (Å²) in [5.41, 5.74) is 0.853. The molecule has 0 bridgehead atoms. The van der Waals surface area contributed by atoms with Gasteiger partial charge in [0, 0.05) is 5.02 Å². The summed E-state index contributed by atoms with van der Waals surface area (Å²) in [6, 6.07) is 9.38. The van der Waals surface area contributed by atoms with Crippen LogP contribution in [0.5, 0.6) is 11.5 Å². The van der Waals surface area contributed by atoms with E-state index in [-0.39, 0.29) is 16.8 Å². The maximum Gasteiger partial charge on any atom is 0.297 e. The van der Waals surface area contributed by atoms with Crippen molar-refractivity contribution < 1.29 is 18.7 Å². The summed E-state index contributed by atoms with van der Waals surface area (Å²) >= 11 is 7.48. The molecule has 4 aromatic rings. The Morgan fingerprint density at radius 1 is 1.11 bits per heavy atom. The van der Waals surface area contributed by atoms with Gasteiger partial charge in [-0.2, -0.15) is 0 Å². The number of halogens is 1. The molecule has 1 atom stereocenters. The van der Waals surface area contributed by atoms with Gasteiger partial charge in [-0.15, -0.1) is 10.2 Å². The molecule has 0 radical (unpaired) electrons. The summed E-state index contributed by atoms with van der Waals surface area (Å²) in [6.45, 7) is 4.61. The fourth-order valence-corrected chi connectivity index (χ4v) is 5.22. The van der Waals surface area contributed by atoms with E-state index >= 15 is 0 Å². The van der Waals surface area contributed by atoms with Gasteiger partial charge in [0.2, 0.25) is 10.9 Å². The van der Waals surface area contributed by atoms with E-state index in [1.54, 1.807) is 37.4 Å². The fraction of sp³-hybridized carbons (Fsp3) is 0.308. The second-order valence-electron chi connectivity index (χ2n) is 8.34. The SMILES string of the molecule is CCCCOc1ccc(C2c3c(oc4ccc(Cl)cc4c3=O)C(=O)N2c2nnc(CC)s2)cc1OC. The minimum Gasteiger partial charge on any atom is -0.493 e. The lowest BCUT2D eigenvalue weighted by Crippen LogP contribution is -2.29. The third-order valence-electron chi connectivity index (χ3n) is 6.06. The van der Waals surface area contributed by atoms with Crippen LogP contribution in [0.3, 0.4) is 0 Å². The zero-order chi connectivity index (χ0) is 25.4. The summed E-state index contributed by atoms with van der Waals surface area (Å²) in [5.74, 6) is 0.622. The standard InChI is InChI=1S/C26H24ClN3O5S/c1-4-6-11-34-18-9-7-14(12-19(18)33-3)22-21-23(31)16-13-15(27)8-10-17(16)35-24(21)25(32)30(22)26-29-28-20(5-2)36-26/h7-10,12-13,22H,4-6,11H2,1-3H3. The molecule has 0 saturated carbocycles. The monoisotopic (exact) mass is 525 g/mol. The highest BCUT2D eigenvalue weighted by molar-refractivity contribution is 7.15. The van der Waals surface area contributed by atoms with Gasteiger partial charge in [0.1, 0.15) is 10.6 Å². The lowest BCUT2D eigenvalue weighted by Gasteiger charge is -2.23. The molecule has 0 spiro atoms. The molecule has 3 heterocycles. The zero-order valence-corrected chi connectivity index (χ0v) is 21.6. The van der Waals surface area contributed by atoms with Gasteiger partial charge in [0.25, 0.3) is 5.91 Å². The van der Waals surface area contributed by atoms with Crippen molar-refractivity contribution in [2.45, 2.75) is 39.2 Å². The lowest BCUT2D eigenvalue weighted by atomic mass is 9.98. The first-order valence-electron chi connectivity index (χ1n) is 11.7.